The van der Waals surface area contributed by atoms with Crippen LogP contribution in [0.25, 0.3) is 10.9 Å². The summed E-state index contributed by atoms with van der Waals surface area (Å²) in [6.45, 7) is 4.19. The monoisotopic (exact) mass is 498 g/mol. The van der Waals surface area contributed by atoms with E-state index in [0.717, 1.165) is 18.4 Å². The number of methoxy groups -OCH3 is 1. The standard InChI is InChI=1S/C24H23ClN4O4S/c1-4-7-20-27-21(33-28-20)14(2)34-24-26-19-12-15(23(31)32-3)10-11-17(19)22(30)29(24)13-16-8-5-6-9-18(16)25/h5-6,8-12,14H,4,7,13H2,1-3H3. The number of rotatable bonds is 8. The molecule has 0 saturated heterocycles. The van der Waals surface area contributed by atoms with Crippen LogP contribution in [0.3, 0.4) is 0 Å². The van der Waals surface area contributed by atoms with E-state index in [9.17, 15) is 9.59 Å². The van der Waals surface area contributed by atoms with Crippen molar-refractivity contribution < 1.29 is 14.1 Å². The van der Waals surface area contributed by atoms with Gasteiger partial charge in [0.15, 0.2) is 11.0 Å². The molecule has 176 valence electrons. The molecule has 0 saturated carbocycles. The van der Waals surface area contributed by atoms with Gasteiger partial charge in [0.05, 0.1) is 35.4 Å². The predicted octanol–water partition coefficient (Wildman–Crippen LogP) is 5.07. The van der Waals surface area contributed by atoms with Gasteiger partial charge in [-0.1, -0.05) is 53.6 Å². The van der Waals surface area contributed by atoms with Gasteiger partial charge >= 0.3 is 5.97 Å². The number of hydrogen-bond acceptors (Lipinski definition) is 8. The lowest BCUT2D eigenvalue weighted by Gasteiger charge is -2.16. The summed E-state index contributed by atoms with van der Waals surface area (Å²) in [7, 11) is 1.31. The maximum Gasteiger partial charge on any atom is 0.337 e. The first-order chi connectivity index (χ1) is 16.4. The van der Waals surface area contributed by atoms with E-state index in [1.165, 1.54) is 18.9 Å². The van der Waals surface area contributed by atoms with E-state index in [4.69, 9.17) is 25.8 Å². The van der Waals surface area contributed by atoms with E-state index in [0.29, 0.717) is 38.4 Å². The zero-order valence-corrected chi connectivity index (χ0v) is 20.5. The molecule has 8 nitrogen and oxygen atoms in total. The van der Waals surface area contributed by atoms with Crippen molar-refractivity contribution in [2.45, 2.75) is 43.6 Å². The average molecular weight is 499 g/mol. The van der Waals surface area contributed by atoms with Crippen LogP contribution in [0.15, 0.2) is 56.9 Å². The Balaban J connectivity index is 1.80. The number of fused-ring (bicyclic) bond motifs is 1. The van der Waals surface area contributed by atoms with Crippen LogP contribution in [0.4, 0.5) is 0 Å². The van der Waals surface area contributed by atoms with Crippen molar-refractivity contribution in [2.75, 3.05) is 7.11 Å². The van der Waals surface area contributed by atoms with Gasteiger partial charge in [-0.2, -0.15) is 4.98 Å². The normalized spacial score (nSPS) is 12.1. The lowest BCUT2D eigenvalue weighted by Crippen LogP contribution is -2.24. The highest BCUT2D eigenvalue weighted by molar-refractivity contribution is 7.99. The third kappa shape index (κ3) is 5.00. The first-order valence-electron chi connectivity index (χ1n) is 10.8. The molecular weight excluding hydrogens is 476 g/mol. The summed E-state index contributed by atoms with van der Waals surface area (Å²) in [5.74, 6) is 0.601. The summed E-state index contributed by atoms with van der Waals surface area (Å²) in [6, 6.07) is 12.1. The second-order valence-electron chi connectivity index (χ2n) is 7.66. The summed E-state index contributed by atoms with van der Waals surface area (Å²) >= 11 is 7.70. The van der Waals surface area contributed by atoms with Crippen molar-refractivity contribution in [3.05, 3.63) is 80.7 Å². The zero-order valence-electron chi connectivity index (χ0n) is 18.9. The lowest BCUT2D eigenvalue weighted by molar-refractivity contribution is 0.0601. The Morgan fingerprint density at radius 3 is 2.76 bits per heavy atom. The number of esters is 1. The maximum absolute atomic E-state index is 13.5. The molecule has 0 aliphatic carbocycles. The van der Waals surface area contributed by atoms with E-state index in [-0.39, 0.29) is 17.4 Å². The molecule has 2 aromatic carbocycles. The molecule has 2 heterocycles. The molecule has 4 rings (SSSR count). The fourth-order valence-electron chi connectivity index (χ4n) is 3.44. The van der Waals surface area contributed by atoms with Crippen molar-refractivity contribution in [1.82, 2.24) is 19.7 Å². The highest BCUT2D eigenvalue weighted by Gasteiger charge is 2.21. The highest BCUT2D eigenvalue weighted by atomic mass is 35.5. The minimum absolute atomic E-state index is 0.236. The molecule has 10 heteroatoms. The highest BCUT2D eigenvalue weighted by Crippen LogP contribution is 2.33. The van der Waals surface area contributed by atoms with Crippen molar-refractivity contribution in [2.24, 2.45) is 0 Å². The molecule has 0 bridgehead atoms. The number of carbonyl (C=O) groups is 1. The quantitative estimate of drug-likeness (QED) is 0.188. The van der Waals surface area contributed by atoms with Crippen molar-refractivity contribution >= 4 is 40.2 Å². The smallest absolute Gasteiger partial charge is 0.337 e. The first-order valence-corrected chi connectivity index (χ1v) is 12.0. The number of benzene rings is 2. The molecule has 0 spiro atoms. The number of thioether (sulfide) groups is 1. The third-order valence-electron chi connectivity index (χ3n) is 5.22. The molecule has 1 atom stereocenters. The molecule has 1 unspecified atom stereocenters. The molecule has 0 N–H and O–H groups in total. The van der Waals surface area contributed by atoms with E-state index in [1.807, 2.05) is 32.0 Å². The van der Waals surface area contributed by atoms with Gasteiger partial charge < -0.3 is 9.26 Å². The molecule has 0 amide bonds. The van der Waals surface area contributed by atoms with E-state index >= 15 is 0 Å². The second-order valence-corrected chi connectivity index (χ2v) is 9.37. The third-order valence-corrected chi connectivity index (χ3v) is 6.66. The van der Waals surface area contributed by atoms with Crippen LogP contribution in [0.5, 0.6) is 0 Å². The largest absolute Gasteiger partial charge is 0.465 e. The van der Waals surface area contributed by atoms with Crippen molar-refractivity contribution in [3.8, 4) is 0 Å². The summed E-state index contributed by atoms with van der Waals surface area (Å²) in [4.78, 5) is 34.7. The fraction of sp³-hybridized carbons (Fsp3) is 0.292. The number of hydrogen-bond donors (Lipinski definition) is 0. The SMILES string of the molecule is CCCc1noc(C(C)Sc2nc3cc(C(=O)OC)ccc3c(=O)n2Cc2ccccc2Cl)n1. The number of halogens is 1. The van der Waals surface area contributed by atoms with Gasteiger partial charge in [-0.15, -0.1) is 0 Å². The Hall–Kier alpha value is -3.17. The van der Waals surface area contributed by atoms with Gasteiger partial charge in [0.25, 0.3) is 5.56 Å². The van der Waals surface area contributed by atoms with Crippen LogP contribution >= 0.6 is 23.4 Å². The van der Waals surface area contributed by atoms with E-state index in [1.54, 1.807) is 28.8 Å². The lowest BCUT2D eigenvalue weighted by atomic mass is 10.1. The van der Waals surface area contributed by atoms with Crippen molar-refractivity contribution in [1.29, 1.82) is 0 Å². The summed E-state index contributed by atoms with van der Waals surface area (Å²) < 4.78 is 11.8. The molecule has 34 heavy (non-hydrogen) atoms. The van der Waals surface area contributed by atoms with Gasteiger partial charge in [-0.25, -0.2) is 9.78 Å². The predicted molar refractivity (Wildman–Crippen MR) is 130 cm³/mol. The second kappa shape index (κ2) is 10.4. The van der Waals surface area contributed by atoms with Gasteiger partial charge in [0.1, 0.15) is 0 Å². The Bertz CT molecular complexity index is 1400. The first kappa shape index (κ1) is 24.0. The summed E-state index contributed by atoms with van der Waals surface area (Å²) in [5.41, 5.74) is 1.26. The number of ether oxygens (including phenoxy) is 1. The minimum Gasteiger partial charge on any atom is -0.465 e. The van der Waals surface area contributed by atoms with Crippen LogP contribution in [0.1, 0.15) is 53.2 Å². The number of nitrogens with zero attached hydrogens (tertiary/aromatic N) is 4. The van der Waals surface area contributed by atoms with Crippen molar-refractivity contribution in [3.63, 3.8) is 0 Å². The fourth-order valence-corrected chi connectivity index (χ4v) is 4.57. The zero-order chi connectivity index (χ0) is 24.2. The average Bonchev–Trinajstić information content (AvgIpc) is 3.31. The number of aromatic nitrogens is 4. The van der Waals surface area contributed by atoms with Gasteiger partial charge in [0.2, 0.25) is 5.89 Å². The Morgan fingerprint density at radius 1 is 1.24 bits per heavy atom. The summed E-state index contributed by atoms with van der Waals surface area (Å²) in [5, 5.41) is 5.15. The molecule has 0 aliphatic rings. The van der Waals surface area contributed by atoms with Crippen LogP contribution in [-0.2, 0) is 17.7 Å². The van der Waals surface area contributed by atoms with Crippen LogP contribution in [-0.4, -0.2) is 32.8 Å². The molecule has 0 aliphatic heterocycles. The van der Waals surface area contributed by atoms with Gasteiger partial charge in [-0.05, 0) is 43.2 Å². The molecule has 0 radical (unpaired) electrons. The molecule has 2 aromatic heterocycles. The molecular formula is C24H23ClN4O4S. The van der Waals surface area contributed by atoms with Crippen LogP contribution < -0.4 is 5.56 Å². The Labute approximate surface area is 205 Å². The van der Waals surface area contributed by atoms with Gasteiger partial charge in [0, 0.05) is 11.4 Å². The molecule has 0 fully saturated rings. The Morgan fingerprint density at radius 2 is 2.03 bits per heavy atom. The van der Waals surface area contributed by atoms with E-state index < -0.39 is 5.97 Å². The van der Waals surface area contributed by atoms with E-state index in [2.05, 4.69) is 10.1 Å². The molecule has 4 aromatic rings. The van der Waals surface area contributed by atoms with Crippen LogP contribution in [0.2, 0.25) is 5.02 Å². The van der Waals surface area contributed by atoms with Crippen LogP contribution in [0, 0.1) is 0 Å². The Kier molecular flexibility index (Phi) is 7.33. The summed E-state index contributed by atoms with van der Waals surface area (Å²) in [6.07, 6.45) is 1.63. The van der Waals surface area contributed by atoms with Gasteiger partial charge in [-0.3, -0.25) is 9.36 Å². The minimum atomic E-state index is -0.499. The number of carbonyl (C=O) groups excluding carboxylic acids is 1. The topological polar surface area (TPSA) is 100 Å². The number of aryl methyl sites for hydroxylation is 1. The maximum atomic E-state index is 13.5.